The van der Waals surface area contributed by atoms with Crippen LogP contribution < -0.4 is 5.32 Å². The molecule has 1 aliphatic rings. The number of nitrogens with one attached hydrogen (secondary N) is 3. The van der Waals surface area contributed by atoms with Crippen LogP contribution in [-0.2, 0) is 4.79 Å². The van der Waals surface area contributed by atoms with Gasteiger partial charge in [0.1, 0.15) is 5.52 Å². The predicted molar refractivity (Wildman–Crippen MR) is 151 cm³/mol. The highest BCUT2D eigenvalue weighted by Crippen LogP contribution is 2.36. The van der Waals surface area contributed by atoms with Crippen molar-refractivity contribution in [3.05, 3.63) is 65.3 Å². The van der Waals surface area contributed by atoms with Crippen molar-refractivity contribution in [1.82, 2.24) is 30.1 Å². The SMILES string of the molecule is O=C(Nc1cncc(-c2ccc3[nH]nc(-c4nc5c(-c6ccc(Cl)s6)cccc5[nH]4)c3n2)c1)C1CCCC1. The minimum absolute atomic E-state index is 0.0658. The number of carbonyl (C=O) groups is 1. The molecule has 0 radical (unpaired) electrons. The zero-order valence-electron chi connectivity index (χ0n) is 20.2. The van der Waals surface area contributed by atoms with E-state index < -0.39 is 0 Å². The quantitative estimate of drug-likeness (QED) is 0.217. The molecule has 0 bridgehead atoms. The third kappa shape index (κ3) is 4.13. The number of amides is 1. The molecule has 3 N–H and O–H groups in total. The molecule has 0 unspecified atom stereocenters. The summed E-state index contributed by atoms with van der Waals surface area (Å²) in [6, 6.07) is 15.7. The van der Waals surface area contributed by atoms with Gasteiger partial charge in [0.15, 0.2) is 11.5 Å². The molecular formula is C28H22ClN7OS. The zero-order valence-corrected chi connectivity index (χ0v) is 21.7. The van der Waals surface area contributed by atoms with E-state index in [0.717, 1.165) is 68.3 Å². The molecule has 188 valence electrons. The maximum atomic E-state index is 12.6. The van der Waals surface area contributed by atoms with Crippen molar-refractivity contribution in [2.45, 2.75) is 25.7 Å². The van der Waals surface area contributed by atoms with Crippen LogP contribution in [0.3, 0.4) is 0 Å². The summed E-state index contributed by atoms with van der Waals surface area (Å²) in [6.07, 6.45) is 7.55. The number of hydrogen-bond acceptors (Lipinski definition) is 6. The summed E-state index contributed by atoms with van der Waals surface area (Å²) in [4.78, 5) is 31.2. The number of fused-ring (bicyclic) bond motifs is 2. The fourth-order valence-corrected chi connectivity index (χ4v) is 6.18. The fourth-order valence-electron chi connectivity index (χ4n) is 5.11. The first kappa shape index (κ1) is 23.1. The minimum atomic E-state index is 0.0658. The fraction of sp³-hybridized carbons (Fsp3) is 0.179. The summed E-state index contributed by atoms with van der Waals surface area (Å²) in [7, 11) is 0. The topological polar surface area (TPSA) is 112 Å². The monoisotopic (exact) mass is 539 g/mol. The Kier molecular flexibility index (Phi) is 5.67. The normalized spacial score (nSPS) is 14.0. The second kappa shape index (κ2) is 9.34. The molecule has 0 spiro atoms. The van der Waals surface area contributed by atoms with Gasteiger partial charge in [0, 0.05) is 28.1 Å². The van der Waals surface area contributed by atoms with Crippen molar-refractivity contribution in [3.63, 3.8) is 0 Å². The molecule has 1 saturated carbocycles. The van der Waals surface area contributed by atoms with Crippen LogP contribution in [0.5, 0.6) is 0 Å². The first-order chi connectivity index (χ1) is 18.6. The number of carbonyl (C=O) groups excluding carboxylic acids is 1. The first-order valence-corrected chi connectivity index (χ1v) is 13.7. The molecule has 1 amide bonds. The first-order valence-electron chi connectivity index (χ1n) is 12.5. The number of imidazole rings is 1. The van der Waals surface area contributed by atoms with E-state index in [1.165, 1.54) is 11.3 Å². The van der Waals surface area contributed by atoms with Gasteiger partial charge in [-0.3, -0.25) is 14.9 Å². The summed E-state index contributed by atoms with van der Waals surface area (Å²) in [5.41, 5.74) is 7.11. The van der Waals surface area contributed by atoms with Crippen molar-refractivity contribution < 1.29 is 4.79 Å². The Hall–Kier alpha value is -4.08. The molecule has 5 heterocycles. The van der Waals surface area contributed by atoms with Gasteiger partial charge in [0.25, 0.3) is 0 Å². The minimum Gasteiger partial charge on any atom is -0.336 e. The van der Waals surface area contributed by atoms with E-state index in [1.54, 1.807) is 12.4 Å². The number of hydrogen-bond donors (Lipinski definition) is 3. The van der Waals surface area contributed by atoms with Crippen molar-refractivity contribution in [2.75, 3.05) is 5.32 Å². The molecule has 7 rings (SSSR count). The number of benzene rings is 1. The lowest BCUT2D eigenvalue weighted by Gasteiger charge is -2.11. The molecular weight excluding hydrogens is 518 g/mol. The summed E-state index contributed by atoms with van der Waals surface area (Å²) < 4.78 is 0.736. The number of nitrogens with zero attached hydrogens (tertiary/aromatic N) is 4. The van der Waals surface area contributed by atoms with Crippen molar-refractivity contribution >= 4 is 56.6 Å². The summed E-state index contributed by atoms with van der Waals surface area (Å²) >= 11 is 7.71. The molecule has 0 atom stereocenters. The van der Waals surface area contributed by atoms with Crippen LogP contribution in [0.2, 0.25) is 4.34 Å². The number of anilines is 1. The number of thiophene rings is 1. The number of aromatic nitrogens is 6. The van der Waals surface area contributed by atoms with Gasteiger partial charge >= 0.3 is 0 Å². The van der Waals surface area contributed by atoms with E-state index in [9.17, 15) is 4.79 Å². The number of aromatic amines is 2. The Morgan fingerprint density at radius 3 is 2.74 bits per heavy atom. The third-order valence-corrected chi connectivity index (χ3v) is 8.28. The van der Waals surface area contributed by atoms with Crippen LogP contribution in [0, 0.1) is 5.92 Å². The summed E-state index contributed by atoms with van der Waals surface area (Å²) in [5.74, 6) is 0.778. The van der Waals surface area contributed by atoms with E-state index in [-0.39, 0.29) is 11.8 Å². The van der Waals surface area contributed by atoms with Gasteiger partial charge in [-0.2, -0.15) is 5.10 Å². The highest BCUT2D eigenvalue weighted by molar-refractivity contribution is 7.19. The molecule has 0 saturated heterocycles. The van der Waals surface area contributed by atoms with Gasteiger partial charge < -0.3 is 10.3 Å². The van der Waals surface area contributed by atoms with Gasteiger partial charge in [-0.15, -0.1) is 11.3 Å². The molecule has 0 aliphatic heterocycles. The predicted octanol–water partition coefficient (Wildman–Crippen LogP) is 7.07. The Morgan fingerprint density at radius 1 is 1.00 bits per heavy atom. The second-order valence-electron chi connectivity index (χ2n) is 9.49. The number of pyridine rings is 2. The lowest BCUT2D eigenvalue weighted by molar-refractivity contribution is -0.119. The van der Waals surface area contributed by atoms with E-state index >= 15 is 0 Å². The molecule has 8 nitrogen and oxygen atoms in total. The molecule has 6 aromatic rings. The van der Waals surface area contributed by atoms with Gasteiger partial charge in [-0.25, -0.2) is 9.97 Å². The van der Waals surface area contributed by atoms with Gasteiger partial charge in [0.05, 0.1) is 38.5 Å². The molecule has 10 heteroatoms. The highest BCUT2D eigenvalue weighted by atomic mass is 35.5. The van der Waals surface area contributed by atoms with Crippen LogP contribution in [-0.4, -0.2) is 36.0 Å². The van der Waals surface area contributed by atoms with Crippen LogP contribution in [0.25, 0.3) is 55.3 Å². The number of para-hydroxylation sites is 1. The Labute approximate surface area is 226 Å². The maximum absolute atomic E-state index is 12.6. The van der Waals surface area contributed by atoms with E-state index in [1.807, 2.05) is 48.5 Å². The Bertz CT molecular complexity index is 1810. The Balaban J connectivity index is 1.24. The Morgan fingerprint density at radius 2 is 1.89 bits per heavy atom. The number of rotatable bonds is 5. The van der Waals surface area contributed by atoms with Gasteiger partial charge in [-0.05, 0) is 49.2 Å². The van der Waals surface area contributed by atoms with Crippen LogP contribution >= 0.6 is 22.9 Å². The number of H-pyrrole nitrogens is 2. The summed E-state index contributed by atoms with van der Waals surface area (Å²) in [5, 5.41) is 10.6. The molecule has 1 aromatic carbocycles. The zero-order chi connectivity index (χ0) is 25.6. The molecule has 1 fully saturated rings. The second-order valence-corrected chi connectivity index (χ2v) is 11.2. The summed E-state index contributed by atoms with van der Waals surface area (Å²) in [6.45, 7) is 0. The smallest absolute Gasteiger partial charge is 0.227 e. The van der Waals surface area contributed by atoms with Crippen molar-refractivity contribution in [2.24, 2.45) is 5.92 Å². The molecule has 1 aliphatic carbocycles. The largest absolute Gasteiger partial charge is 0.336 e. The van der Waals surface area contributed by atoms with E-state index in [0.29, 0.717) is 22.7 Å². The third-order valence-electron chi connectivity index (χ3n) is 7.01. The number of halogens is 1. The average Bonchev–Trinajstić information content (AvgIpc) is 3.74. The van der Waals surface area contributed by atoms with Gasteiger partial charge in [0.2, 0.25) is 5.91 Å². The van der Waals surface area contributed by atoms with E-state index in [2.05, 4.69) is 25.5 Å². The van der Waals surface area contributed by atoms with Crippen molar-refractivity contribution in [1.29, 1.82) is 0 Å². The van der Waals surface area contributed by atoms with Crippen LogP contribution in [0.15, 0.2) is 60.9 Å². The lowest BCUT2D eigenvalue weighted by Crippen LogP contribution is -2.20. The molecule has 5 aromatic heterocycles. The van der Waals surface area contributed by atoms with Crippen LogP contribution in [0.1, 0.15) is 25.7 Å². The van der Waals surface area contributed by atoms with Crippen LogP contribution in [0.4, 0.5) is 5.69 Å². The van der Waals surface area contributed by atoms with Gasteiger partial charge in [-0.1, -0.05) is 36.6 Å². The maximum Gasteiger partial charge on any atom is 0.227 e. The average molecular weight is 540 g/mol. The standard InChI is InChI=1S/C28H22ClN7OS/c29-23-11-10-22(38-23)18-6-3-7-20-24(18)34-27(33-20)26-25-21(35-36-26)9-8-19(32-25)16-12-17(14-30-13-16)31-28(37)15-4-1-2-5-15/h3,6-15H,1-2,4-5H2,(H,31,37)(H,33,34)(H,35,36). The lowest BCUT2D eigenvalue weighted by atomic mass is 10.1. The highest BCUT2D eigenvalue weighted by Gasteiger charge is 2.23. The van der Waals surface area contributed by atoms with E-state index in [4.69, 9.17) is 21.6 Å². The van der Waals surface area contributed by atoms with Crippen molar-refractivity contribution in [3.8, 4) is 33.2 Å². The molecule has 38 heavy (non-hydrogen) atoms.